The molecule has 1 N–H and O–H groups in total. The SMILES string of the molecule is COc1ccc(CSCC(=O)N(Cc2ccc(Cl)c(Cl)c2)C(C)C(=O)NC(C)(C)C)cc1. The number of ether oxygens (including phenoxy) is 1. The number of hydrogen-bond acceptors (Lipinski definition) is 4. The normalized spacial score (nSPS) is 12.2. The van der Waals surface area contributed by atoms with E-state index < -0.39 is 11.6 Å². The average molecular weight is 497 g/mol. The van der Waals surface area contributed by atoms with Gasteiger partial charge in [-0.2, -0.15) is 0 Å². The van der Waals surface area contributed by atoms with Gasteiger partial charge in [0.25, 0.3) is 0 Å². The zero-order valence-corrected chi connectivity index (χ0v) is 21.4. The van der Waals surface area contributed by atoms with Crippen LogP contribution in [0.4, 0.5) is 0 Å². The lowest BCUT2D eigenvalue weighted by atomic mass is 10.1. The summed E-state index contributed by atoms with van der Waals surface area (Å²) in [6.07, 6.45) is 0. The van der Waals surface area contributed by atoms with Crippen molar-refractivity contribution in [1.29, 1.82) is 0 Å². The highest BCUT2D eigenvalue weighted by atomic mass is 35.5. The summed E-state index contributed by atoms with van der Waals surface area (Å²) in [5.41, 5.74) is 1.51. The molecule has 0 heterocycles. The van der Waals surface area contributed by atoms with Crippen LogP contribution in [0.2, 0.25) is 10.0 Å². The Kier molecular flexibility index (Phi) is 9.74. The summed E-state index contributed by atoms with van der Waals surface area (Å²) in [7, 11) is 1.63. The van der Waals surface area contributed by atoms with Gasteiger partial charge in [0.15, 0.2) is 0 Å². The van der Waals surface area contributed by atoms with Gasteiger partial charge in [0, 0.05) is 17.8 Å². The molecule has 2 amide bonds. The quantitative estimate of drug-likeness (QED) is 0.492. The first-order valence-corrected chi connectivity index (χ1v) is 12.2. The fraction of sp³-hybridized carbons (Fsp3) is 0.417. The fourth-order valence-corrected chi connectivity index (χ4v) is 4.14. The highest BCUT2D eigenvalue weighted by molar-refractivity contribution is 7.99. The first-order chi connectivity index (χ1) is 15.0. The molecule has 2 aromatic carbocycles. The smallest absolute Gasteiger partial charge is 0.242 e. The Balaban J connectivity index is 2.11. The van der Waals surface area contributed by atoms with Crippen molar-refractivity contribution in [1.82, 2.24) is 10.2 Å². The van der Waals surface area contributed by atoms with Gasteiger partial charge in [-0.15, -0.1) is 11.8 Å². The maximum atomic E-state index is 13.1. The summed E-state index contributed by atoms with van der Waals surface area (Å²) in [4.78, 5) is 27.5. The van der Waals surface area contributed by atoms with Crippen molar-refractivity contribution in [2.45, 2.75) is 51.6 Å². The molecule has 0 aromatic heterocycles. The third-order valence-corrected chi connectivity index (χ3v) is 6.38. The van der Waals surface area contributed by atoms with Crippen LogP contribution in [-0.4, -0.2) is 41.2 Å². The minimum Gasteiger partial charge on any atom is -0.497 e. The van der Waals surface area contributed by atoms with Crippen molar-refractivity contribution < 1.29 is 14.3 Å². The number of halogens is 2. The Labute approximate surface area is 204 Å². The van der Waals surface area contributed by atoms with E-state index in [0.29, 0.717) is 15.8 Å². The number of rotatable bonds is 9. The van der Waals surface area contributed by atoms with E-state index in [1.807, 2.05) is 51.1 Å². The molecule has 0 spiro atoms. The van der Waals surface area contributed by atoms with Crippen molar-refractivity contribution in [2.24, 2.45) is 0 Å². The lowest BCUT2D eigenvalue weighted by molar-refractivity contribution is -0.139. The summed E-state index contributed by atoms with van der Waals surface area (Å²) >= 11 is 13.7. The lowest BCUT2D eigenvalue weighted by Gasteiger charge is -2.31. The Hall–Kier alpha value is -1.89. The van der Waals surface area contributed by atoms with Crippen LogP contribution < -0.4 is 10.1 Å². The van der Waals surface area contributed by atoms with Crippen LogP contribution in [0.1, 0.15) is 38.8 Å². The Morgan fingerprint density at radius 1 is 1.06 bits per heavy atom. The van der Waals surface area contributed by atoms with E-state index in [0.717, 1.165) is 16.9 Å². The van der Waals surface area contributed by atoms with Crippen LogP contribution in [0, 0.1) is 0 Å². The highest BCUT2D eigenvalue weighted by Crippen LogP contribution is 2.24. The maximum Gasteiger partial charge on any atom is 0.242 e. The van der Waals surface area contributed by atoms with Gasteiger partial charge in [-0.1, -0.05) is 41.4 Å². The third kappa shape index (κ3) is 8.23. The molecule has 32 heavy (non-hydrogen) atoms. The molecule has 2 rings (SSSR count). The highest BCUT2D eigenvalue weighted by Gasteiger charge is 2.28. The molecular formula is C24H30Cl2N2O3S. The molecule has 0 saturated carbocycles. The van der Waals surface area contributed by atoms with Crippen molar-refractivity contribution in [3.05, 3.63) is 63.6 Å². The molecule has 0 aliphatic heterocycles. The Bertz CT molecular complexity index is 930. The van der Waals surface area contributed by atoms with Crippen LogP contribution in [0.5, 0.6) is 5.75 Å². The van der Waals surface area contributed by atoms with Crippen molar-refractivity contribution in [3.8, 4) is 5.75 Å². The largest absolute Gasteiger partial charge is 0.497 e. The molecule has 0 aliphatic rings. The average Bonchev–Trinajstić information content (AvgIpc) is 2.73. The van der Waals surface area contributed by atoms with E-state index in [4.69, 9.17) is 27.9 Å². The minimum absolute atomic E-state index is 0.119. The zero-order chi connectivity index (χ0) is 23.9. The number of thioether (sulfide) groups is 1. The van der Waals surface area contributed by atoms with Crippen molar-refractivity contribution in [3.63, 3.8) is 0 Å². The van der Waals surface area contributed by atoms with Gasteiger partial charge in [0.1, 0.15) is 11.8 Å². The van der Waals surface area contributed by atoms with E-state index in [1.54, 1.807) is 31.1 Å². The minimum atomic E-state index is -0.641. The number of amides is 2. The summed E-state index contributed by atoms with van der Waals surface area (Å²) in [5, 5.41) is 3.81. The van der Waals surface area contributed by atoms with E-state index in [1.165, 1.54) is 11.8 Å². The maximum absolute atomic E-state index is 13.1. The molecule has 1 unspecified atom stereocenters. The number of methoxy groups -OCH3 is 1. The molecule has 5 nitrogen and oxygen atoms in total. The zero-order valence-electron chi connectivity index (χ0n) is 19.1. The number of hydrogen-bond donors (Lipinski definition) is 1. The van der Waals surface area contributed by atoms with Crippen LogP contribution in [0.3, 0.4) is 0 Å². The van der Waals surface area contributed by atoms with Crippen molar-refractivity contribution in [2.75, 3.05) is 12.9 Å². The summed E-state index contributed by atoms with van der Waals surface area (Å²) < 4.78 is 5.18. The molecule has 0 saturated heterocycles. The first kappa shape index (κ1) is 26.4. The van der Waals surface area contributed by atoms with Gasteiger partial charge >= 0.3 is 0 Å². The first-order valence-electron chi connectivity index (χ1n) is 10.3. The second-order valence-corrected chi connectivity index (χ2v) is 10.3. The number of nitrogens with zero attached hydrogens (tertiary/aromatic N) is 1. The van der Waals surface area contributed by atoms with Crippen LogP contribution in [0.25, 0.3) is 0 Å². The lowest BCUT2D eigenvalue weighted by Crippen LogP contribution is -2.52. The number of benzene rings is 2. The van der Waals surface area contributed by atoms with Crippen LogP contribution in [-0.2, 0) is 21.9 Å². The summed E-state index contributed by atoms with van der Waals surface area (Å²) in [6.45, 7) is 7.73. The summed E-state index contributed by atoms with van der Waals surface area (Å²) in [5.74, 6) is 1.40. The second-order valence-electron chi connectivity index (χ2n) is 8.53. The van der Waals surface area contributed by atoms with E-state index in [2.05, 4.69) is 5.32 Å². The standard InChI is InChI=1S/C24H30Cl2N2O3S/c1-16(23(30)27-24(2,3)4)28(13-18-8-11-20(25)21(26)12-18)22(29)15-32-14-17-6-9-19(31-5)10-7-17/h6-12,16H,13-15H2,1-5H3,(H,27,30). The van der Waals surface area contributed by atoms with E-state index in [-0.39, 0.29) is 24.1 Å². The molecule has 8 heteroatoms. The number of nitrogens with one attached hydrogen (secondary N) is 1. The van der Waals surface area contributed by atoms with Gasteiger partial charge in [-0.05, 0) is 63.1 Å². The molecule has 0 fully saturated rings. The van der Waals surface area contributed by atoms with Crippen LogP contribution in [0.15, 0.2) is 42.5 Å². The predicted octanol–water partition coefficient (Wildman–Crippen LogP) is 5.57. The van der Waals surface area contributed by atoms with Gasteiger partial charge in [0.05, 0.1) is 22.9 Å². The topological polar surface area (TPSA) is 58.6 Å². The van der Waals surface area contributed by atoms with Gasteiger partial charge in [-0.3, -0.25) is 9.59 Å². The fourth-order valence-electron chi connectivity index (χ4n) is 2.95. The van der Waals surface area contributed by atoms with E-state index >= 15 is 0 Å². The molecular weight excluding hydrogens is 467 g/mol. The molecule has 0 aliphatic carbocycles. The monoisotopic (exact) mass is 496 g/mol. The molecule has 0 radical (unpaired) electrons. The predicted molar refractivity (Wildman–Crippen MR) is 134 cm³/mol. The van der Waals surface area contributed by atoms with Crippen LogP contribution >= 0.6 is 35.0 Å². The molecule has 2 aromatic rings. The van der Waals surface area contributed by atoms with E-state index in [9.17, 15) is 9.59 Å². The Morgan fingerprint density at radius 2 is 1.69 bits per heavy atom. The van der Waals surface area contributed by atoms with Crippen molar-refractivity contribution >= 4 is 46.8 Å². The number of carbonyl (C=O) groups is 2. The third-order valence-electron chi connectivity index (χ3n) is 4.66. The van der Waals surface area contributed by atoms with Gasteiger partial charge in [-0.25, -0.2) is 0 Å². The van der Waals surface area contributed by atoms with Gasteiger partial charge in [0.2, 0.25) is 11.8 Å². The van der Waals surface area contributed by atoms with Gasteiger partial charge < -0.3 is 15.0 Å². The molecule has 0 bridgehead atoms. The summed E-state index contributed by atoms with van der Waals surface area (Å²) in [6, 6.07) is 12.3. The molecule has 1 atom stereocenters. The second kappa shape index (κ2) is 11.8. The Morgan fingerprint density at radius 3 is 2.25 bits per heavy atom. The molecule has 174 valence electrons. The number of carbonyl (C=O) groups excluding carboxylic acids is 2.